The molecule has 1 aromatic heterocycles. The minimum absolute atomic E-state index is 0.0130. The van der Waals surface area contributed by atoms with Gasteiger partial charge in [-0.1, -0.05) is 17.3 Å². The van der Waals surface area contributed by atoms with Crippen molar-refractivity contribution in [2.75, 3.05) is 13.1 Å². The van der Waals surface area contributed by atoms with Gasteiger partial charge in [-0.05, 0) is 50.4 Å². The van der Waals surface area contributed by atoms with E-state index in [0.717, 1.165) is 44.1 Å². The number of rotatable bonds is 3. The molecular weight excluding hydrogens is 293 g/mol. The Hall–Kier alpha value is -1.89. The summed E-state index contributed by atoms with van der Waals surface area (Å²) in [5.74, 6) is 0.518. The van der Waals surface area contributed by atoms with Gasteiger partial charge in [0.25, 0.3) is 0 Å². The number of para-hydroxylation sites is 1. The van der Waals surface area contributed by atoms with Crippen LogP contribution in [0.1, 0.15) is 24.1 Å². The molecule has 4 nitrogen and oxygen atoms in total. The van der Waals surface area contributed by atoms with Crippen molar-refractivity contribution in [1.29, 1.82) is 0 Å². The van der Waals surface area contributed by atoms with Crippen LogP contribution in [0.4, 0.5) is 13.2 Å². The fraction of sp³-hybridized carbons (Fsp3) is 0.467. The number of halogens is 3. The highest BCUT2D eigenvalue weighted by Gasteiger charge is 2.34. The molecule has 0 bridgehead atoms. The zero-order chi connectivity index (χ0) is 15.6. The monoisotopic (exact) mass is 310 g/mol. The fourth-order valence-electron chi connectivity index (χ4n) is 2.80. The van der Waals surface area contributed by atoms with Crippen LogP contribution in [0.2, 0.25) is 0 Å². The van der Waals surface area contributed by atoms with Crippen molar-refractivity contribution in [2.24, 2.45) is 5.92 Å². The average molecular weight is 310 g/mol. The molecule has 0 spiro atoms. The van der Waals surface area contributed by atoms with Crippen LogP contribution in [0.15, 0.2) is 30.5 Å². The first-order chi connectivity index (χ1) is 10.5. The minimum atomic E-state index is -4.41. The van der Waals surface area contributed by atoms with Gasteiger partial charge in [0.2, 0.25) is 0 Å². The van der Waals surface area contributed by atoms with Crippen LogP contribution in [-0.4, -0.2) is 28.1 Å². The van der Waals surface area contributed by atoms with E-state index in [0.29, 0.717) is 5.92 Å². The van der Waals surface area contributed by atoms with Gasteiger partial charge in [0, 0.05) is 0 Å². The summed E-state index contributed by atoms with van der Waals surface area (Å²) in [5.41, 5.74) is 0.0521. The zero-order valence-electron chi connectivity index (χ0n) is 12.0. The smallest absolute Gasteiger partial charge is 0.317 e. The molecule has 3 rings (SSSR count). The number of hydrogen-bond acceptors (Lipinski definition) is 3. The Balaban J connectivity index is 1.82. The van der Waals surface area contributed by atoms with Crippen LogP contribution in [0.25, 0.3) is 5.69 Å². The van der Waals surface area contributed by atoms with Gasteiger partial charge < -0.3 is 5.32 Å². The first kappa shape index (κ1) is 15.0. The molecule has 1 N–H and O–H groups in total. The molecule has 2 aromatic rings. The average Bonchev–Trinajstić information content (AvgIpc) is 2.96. The number of nitrogens with zero attached hydrogens (tertiary/aromatic N) is 3. The van der Waals surface area contributed by atoms with E-state index in [-0.39, 0.29) is 5.69 Å². The summed E-state index contributed by atoms with van der Waals surface area (Å²) in [6.45, 7) is 1.96. The van der Waals surface area contributed by atoms with Crippen molar-refractivity contribution < 1.29 is 13.2 Å². The Morgan fingerprint density at radius 1 is 1.18 bits per heavy atom. The molecule has 0 radical (unpaired) electrons. The molecule has 22 heavy (non-hydrogen) atoms. The molecule has 0 unspecified atom stereocenters. The van der Waals surface area contributed by atoms with Crippen LogP contribution in [-0.2, 0) is 12.6 Å². The molecule has 2 heterocycles. The molecule has 0 aliphatic carbocycles. The summed E-state index contributed by atoms with van der Waals surface area (Å²) in [4.78, 5) is 0. The van der Waals surface area contributed by atoms with E-state index in [1.54, 1.807) is 12.3 Å². The number of benzene rings is 1. The summed E-state index contributed by atoms with van der Waals surface area (Å²) in [6.07, 6.45) is 0.0816. The lowest BCUT2D eigenvalue weighted by atomic mass is 9.93. The van der Waals surface area contributed by atoms with Gasteiger partial charge in [-0.3, -0.25) is 0 Å². The highest BCUT2D eigenvalue weighted by atomic mass is 19.4. The van der Waals surface area contributed by atoms with E-state index >= 15 is 0 Å². The Bertz CT molecular complexity index is 630. The van der Waals surface area contributed by atoms with E-state index in [1.807, 2.05) is 0 Å². The normalized spacial score (nSPS) is 16.9. The number of nitrogens with one attached hydrogen (secondary N) is 1. The predicted octanol–water partition coefficient (Wildman–Crippen LogP) is 2.83. The molecule has 0 amide bonds. The van der Waals surface area contributed by atoms with Gasteiger partial charge in [0.1, 0.15) is 0 Å². The molecule has 7 heteroatoms. The van der Waals surface area contributed by atoms with Crippen molar-refractivity contribution in [1.82, 2.24) is 20.3 Å². The number of alkyl halides is 3. The molecule has 1 aliphatic rings. The minimum Gasteiger partial charge on any atom is -0.317 e. The lowest BCUT2D eigenvalue weighted by Gasteiger charge is -2.21. The second-order valence-electron chi connectivity index (χ2n) is 5.57. The fourth-order valence-corrected chi connectivity index (χ4v) is 2.80. The third-order valence-corrected chi connectivity index (χ3v) is 3.95. The van der Waals surface area contributed by atoms with Gasteiger partial charge in [0.05, 0.1) is 23.1 Å². The maximum atomic E-state index is 13.0. The Labute approximate surface area is 126 Å². The highest BCUT2D eigenvalue weighted by molar-refractivity contribution is 5.42. The van der Waals surface area contributed by atoms with Crippen LogP contribution in [0.3, 0.4) is 0 Å². The third kappa shape index (κ3) is 3.30. The van der Waals surface area contributed by atoms with Gasteiger partial charge in [-0.2, -0.15) is 13.2 Å². The van der Waals surface area contributed by atoms with Crippen molar-refractivity contribution in [3.63, 3.8) is 0 Å². The van der Waals surface area contributed by atoms with E-state index < -0.39 is 11.7 Å². The second kappa shape index (κ2) is 6.08. The first-order valence-electron chi connectivity index (χ1n) is 7.32. The van der Waals surface area contributed by atoms with Crippen LogP contribution in [0.5, 0.6) is 0 Å². The number of hydrogen-bond donors (Lipinski definition) is 1. The third-order valence-electron chi connectivity index (χ3n) is 3.95. The molecule has 0 atom stereocenters. The van der Waals surface area contributed by atoms with Crippen molar-refractivity contribution in [3.05, 3.63) is 41.7 Å². The molecule has 1 aromatic carbocycles. The van der Waals surface area contributed by atoms with Gasteiger partial charge in [0.15, 0.2) is 0 Å². The molecule has 1 saturated heterocycles. The Morgan fingerprint density at radius 2 is 1.91 bits per heavy atom. The SMILES string of the molecule is FC(F)(F)c1ccccc1-n1cc(CC2CCNCC2)nn1. The first-order valence-corrected chi connectivity index (χ1v) is 7.32. The van der Waals surface area contributed by atoms with Crippen LogP contribution >= 0.6 is 0 Å². The topological polar surface area (TPSA) is 42.7 Å². The Kier molecular flexibility index (Phi) is 4.15. The van der Waals surface area contributed by atoms with Crippen LogP contribution < -0.4 is 5.32 Å². The summed E-state index contributed by atoms with van der Waals surface area (Å²) in [7, 11) is 0. The molecule has 0 saturated carbocycles. The zero-order valence-corrected chi connectivity index (χ0v) is 12.0. The maximum absolute atomic E-state index is 13.0. The Morgan fingerprint density at radius 3 is 2.64 bits per heavy atom. The predicted molar refractivity (Wildman–Crippen MR) is 75.7 cm³/mol. The maximum Gasteiger partial charge on any atom is 0.418 e. The number of piperidine rings is 1. The summed E-state index contributed by atoms with van der Waals surface area (Å²) < 4.78 is 40.4. The highest BCUT2D eigenvalue weighted by Crippen LogP contribution is 2.33. The molecular formula is C15H17F3N4. The van der Waals surface area contributed by atoms with E-state index in [1.165, 1.54) is 16.8 Å². The van der Waals surface area contributed by atoms with Crippen molar-refractivity contribution in [3.8, 4) is 5.69 Å². The quantitative estimate of drug-likeness (QED) is 0.948. The summed E-state index contributed by atoms with van der Waals surface area (Å²) >= 11 is 0. The van der Waals surface area contributed by atoms with Crippen LogP contribution in [0, 0.1) is 5.92 Å². The number of aromatic nitrogens is 3. The van der Waals surface area contributed by atoms with Crippen molar-refractivity contribution in [2.45, 2.75) is 25.4 Å². The van der Waals surface area contributed by atoms with Gasteiger partial charge >= 0.3 is 6.18 Å². The second-order valence-corrected chi connectivity index (χ2v) is 5.57. The standard InChI is InChI=1S/C15H17F3N4/c16-15(17,18)13-3-1-2-4-14(13)22-10-12(20-21-22)9-11-5-7-19-8-6-11/h1-4,10-11,19H,5-9H2. The largest absolute Gasteiger partial charge is 0.418 e. The molecule has 118 valence electrons. The molecule has 1 fully saturated rings. The summed E-state index contributed by atoms with van der Waals surface area (Å²) in [5, 5.41) is 11.2. The van der Waals surface area contributed by atoms with Crippen molar-refractivity contribution >= 4 is 0 Å². The van der Waals surface area contributed by atoms with E-state index in [4.69, 9.17) is 0 Å². The van der Waals surface area contributed by atoms with Gasteiger partial charge in [-0.15, -0.1) is 5.10 Å². The van der Waals surface area contributed by atoms with Gasteiger partial charge in [-0.25, -0.2) is 4.68 Å². The lowest BCUT2D eigenvalue weighted by molar-refractivity contribution is -0.137. The van der Waals surface area contributed by atoms with E-state index in [2.05, 4.69) is 15.6 Å². The lowest BCUT2D eigenvalue weighted by Crippen LogP contribution is -2.28. The van der Waals surface area contributed by atoms with E-state index in [9.17, 15) is 13.2 Å². The summed E-state index contributed by atoms with van der Waals surface area (Å²) in [6, 6.07) is 5.41. The molecule has 1 aliphatic heterocycles.